The van der Waals surface area contributed by atoms with Crippen molar-refractivity contribution in [2.45, 2.75) is 70.8 Å². The number of anilines is 1. The summed E-state index contributed by atoms with van der Waals surface area (Å²) in [5.74, 6) is 0.390. The lowest BCUT2D eigenvalue weighted by atomic mass is 9.78. The molecule has 7 nitrogen and oxygen atoms in total. The molecule has 1 N–H and O–H groups in total. The zero-order chi connectivity index (χ0) is 31.8. The fraction of sp³-hybridized carbons (Fsp3) is 0.474. The van der Waals surface area contributed by atoms with E-state index in [9.17, 15) is 14.7 Å². The van der Waals surface area contributed by atoms with Gasteiger partial charge in [0.2, 0.25) is 5.91 Å². The first-order chi connectivity index (χ1) is 21.9. The van der Waals surface area contributed by atoms with Crippen molar-refractivity contribution in [2.24, 2.45) is 5.92 Å². The number of morpholine rings is 1. The summed E-state index contributed by atoms with van der Waals surface area (Å²) in [4.78, 5) is 29.9. The number of carboxylic acid groups (broad SMARTS) is 1. The zero-order valence-corrected chi connectivity index (χ0v) is 27.0. The number of amides is 1. The fourth-order valence-corrected chi connectivity index (χ4v) is 7.05. The van der Waals surface area contributed by atoms with Crippen LogP contribution in [0.1, 0.15) is 92.2 Å². The van der Waals surface area contributed by atoms with Crippen molar-refractivity contribution in [3.63, 3.8) is 0 Å². The van der Waals surface area contributed by atoms with Gasteiger partial charge in [-0.25, -0.2) is 4.79 Å². The summed E-state index contributed by atoms with van der Waals surface area (Å²) in [6.07, 6.45) is 8.56. The number of nitrogens with zero attached hydrogens (tertiary/aromatic N) is 2. The zero-order valence-electron chi connectivity index (χ0n) is 27.0. The molecule has 240 valence electrons. The maximum Gasteiger partial charge on any atom is 0.335 e. The lowest BCUT2D eigenvalue weighted by Gasteiger charge is -2.35. The maximum atomic E-state index is 13.7. The Morgan fingerprint density at radius 2 is 1.56 bits per heavy atom. The van der Waals surface area contributed by atoms with Crippen LogP contribution in [0.5, 0.6) is 5.75 Å². The molecule has 0 saturated carbocycles. The molecule has 2 heterocycles. The summed E-state index contributed by atoms with van der Waals surface area (Å²) in [7, 11) is 1.67. The van der Waals surface area contributed by atoms with Crippen molar-refractivity contribution in [1.29, 1.82) is 0 Å². The van der Waals surface area contributed by atoms with Crippen LogP contribution in [0.15, 0.2) is 66.7 Å². The Bertz CT molecular complexity index is 1420. The van der Waals surface area contributed by atoms with E-state index in [0.717, 1.165) is 40.1 Å². The highest BCUT2D eigenvalue weighted by atomic mass is 16.5. The SMILES string of the molecule is CCCCCCCCC(C)C1c2ccc(C(=O)O)cc2N(CC(=O)N2CCOCC2)C1c1ccc(-c2ccc(OC)cc2)cc1. The summed E-state index contributed by atoms with van der Waals surface area (Å²) >= 11 is 0. The maximum absolute atomic E-state index is 13.7. The molecular formula is C38H48N2O5. The average Bonchev–Trinajstić information content (AvgIpc) is 3.39. The molecule has 0 bridgehead atoms. The highest BCUT2D eigenvalue weighted by Gasteiger charge is 2.43. The quantitative estimate of drug-likeness (QED) is 0.186. The van der Waals surface area contributed by atoms with Gasteiger partial charge in [0, 0.05) is 24.7 Å². The van der Waals surface area contributed by atoms with Gasteiger partial charge < -0.3 is 24.4 Å². The van der Waals surface area contributed by atoms with Gasteiger partial charge in [-0.05, 0) is 52.4 Å². The molecule has 0 aromatic heterocycles. The molecule has 0 aliphatic carbocycles. The number of carbonyl (C=O) groups is 2. The average molecular weight is 613 g/mol. The van der Waals surface area contributed by atoms with Crippen LogP contribution in [0.4, 0.5) is 5.69 Å². The third-order valence-electron chi connectivity index (χ3n) is 9.59. The number of methoxy groups -OCH3 is 1. The lowest BCUT2D eigenvalue weighted by molar-refractivity contribution is -0.133. The molecule has 0 radical (unpaired) electrons. The van der Waals surface area contributed by atoms with E-state index < -0.39 is 5.97 Å². The number of benzene rings is 3. The third-order valence-corrected chi connectivity index (χ3v) is 9.59. The predicted molar refractivity (Wildman–Crippen MR) is 179 cm³/mol. The Hall–Kier alpha value is -3.84. The molecule has 3 atom stereocenters. The summed E-state index contributed by atoms with van der Waals surface area (Å²) in [6, 6.07) is 22.1. The summed E-state index contributed by atoms with van der Waals surface area (Å²) in [6.45, 7) is 7.01. The first kappa shape index (κ1) is 32.6. The van der Waals surface area contributed by atoms with E-state index in [-0.39, 0.29) is 30.0 Å². The van der Waals surface area contributed by atoms with Crippen molar-refractivity contribution in [3.05, 3.63) is 83.4 Å². The minimum Gasteiger partial charge on any atom is -0.497 e. The van der Waals surface area contributed by atoms with E-state index >= 15 is 0 Å². The number of carbonyl (C=O) groups excluding carboxylic acids is 1. The second kappa shape index (κ2) is 15.4. The van der Waals surface area contributed by atoms with Gasteiger partial charge in [-0.1, -0.05) is 101 Å². The number of hydrogen-bond donors (Lipinski definition) is 1. The molecule has 3 aromatic rings. The molecule has 45 heavy (non-hydrogen) atoms. The molecule has 7 heteroatoms. The van der Waals surface area contributed by atoms with E-state index in [0.29, 0.717) is 32.2 Å². The molecule has 1 amide bonds. The third kappa shape index (κ3) is 7.70. The number of aromatic carboxylic acids is 1. The van der Waals surface area contributed by atoms with E-state index in [1.807, 2.05) is 23.1 Å². The molecule has 1 saturated heterocycles. The topological polar surface area (TPSA) is 79.3 Å². The minimum absolute atomic E-state index is 0.0501. The number of hydrogen-bond acceptors (Lipinski definition) is 5. The van der Waals surface area contributed by atoms with Gasteiger partial charge in [0.05, 0.1) is 38.5 Å². The summed E-state index contributed by atoms with van der Waals surface area (Å²) in [5.41, 5.74) is 5.59. The molecule has 3 aromatic carbocycles. The standard InChI is InChI=1S/C38H48N2O5/c1-4-5-6-7-8-9-10-27(2)36-33-20-17-31(38(42)43)25-34(33)40(26-35(41)39-21-23-45-24-22-39)37(36)30-13-11-28(12-14-30)29-15-18-32(44-3)19-16-29/h11-20,25,27,36-37H,4-10,21-24,26H2,1-3H3,(H,42,43). The molecule has 0 spiro atoms. The largest absolute Gasteiger partial charge is 0.497 e. The lowest BCUT2D eigenvalue weighted by Crippen LogP contribution is -2.46. The van der Waals surface area contributed by atoms with E-state index in [1.54, 1.807) is 19.2 Å². The summed E-state index contributed by atoms with van der Waals surface area (Å²) < 4.78 is 10.8. The Kier molecular flexibility index (Phi) is 11.2. The molecule has 5 rings (SSSR count). The Balaban J connectivity index is 1.49. The van der Waals surface area contributed by atoms with Gasteiger partial charge in [0.1, 0.15) is 5.75 Å². The van der Waals surface area contributed by atoms with Crippen molar-refractivity contribution < 1.29 is 24.2 Å². The van der Waals surface area contributed by atoms with Gasteiger partial charge in [-0.3, -0.25) is 4.79 Å². The predicted octanol–water partition coefficient (Wildman–Crippen LogP) is 7.95. The normalized spacial score (nSPS) is 18.5. The minimum atomic E-state index is -0.957. The van der Waals surface area contributed by atoms with Gasteiger partial charge in [-0.15, -0.1) is 0 Å². The van der Waals surface area contributed by atoms with E-state index in [2.05, 4.69) is 55.1 Å². The Labute approximate surface area is 268 Å². The van der Waals surface area contributed by atoms with Crippen LogP contribution < -0.4 is 9.64 Å². The molecule has 2 aliphatic heterocycles. The smallest absolute Gasteiger partial charge is 0.335 e. The Morgan fingerprint density at radius 3 is 2.20 bits per heavy atom. The monoisotopic (exact) mass is 612 g/mol. The van der Waals surface area contributed by atoms with Crippen LogP contribution in [0.3, 0.4) is 0 Å². The molecule has 1 fully saturated rings. The summed E-state index contributed by atoms with van der Waals surface area (Å²) in [5, 5.41) is 9.91. The van der Waals surface area contributed by atoms with Gasteiger partial charge >= 0.3 is 5.97 Å². The Morgan fingerprint density at radius 1 is 0.911 bits per heavy atom. The van der Waals surface area contributed by atoms with E-state index in [4.69, 9.17) is 9.47 Å². The molecular weight excluding hydrogens is 564 g/mol. The first-order valence-electron chi connectivity index (χ1n) is 16.6. The number of rotatable bonds is 14. The molecule has 2 aliphatic rings. The number of ether oxygens (including phenoxy) is 2. The van der Waals surface area contributed by atoms with Gasteiger partial charge in [0.25, 0.3) is 0 Å². The van der Waals surface area contributed by atoms with E-state index in [1.165, 1.54) is 38.5 Å². The van der Waals surface area contributed by atoms with Crippen molar-refractivity contribution in [3.8, 4) is 16.9 Å². The molecule has 3 unspecified atom stereocenters. The van der Waals surface area contributed by atoms with Crippen molar-refractivity contribution in [2.75, 3.05) is 44.9 Å². The second-order valence-electron chi connectivity index (χ2n) is 12.6. The van der Waals surface area contributed by atoms with Gasteiger partial charge in [-0.2, -0.15) is 0 Å². The fourth-order valence-electron chi connectivity index (χ4n) is 7.05. The van der Waals surface area contributed by atoms with Crippen LogP contribution >= 0.6 is 0 Å². The van der Waals surface area contributed by atoms with Crippen LogP contribution in [-0.4, -0.2) is 61.8 Å². The van der Waals surface area contributed by atoms with Crippen LogP contribution in [0.25, 0.3) is 11.1 Å². The number of carboxylic acids is 1. The van der Waals surface area contributed by atoms with Crippen LogP contribution in [-0.2, 0) is 9.53 Å². The number of unbranched alkanes of at least 4 members (excludes halogenated alkanes) is 5. The first-order valence-corrected chi connectivity index (χ1v) is 16.6. The highest BCUT2D eigenvalue weighted by Crippen LogP contribution is 2.53. The van der Waals surface area contributed by atoms with Crippen LogP contribution in [0, 0.1) is 5.92 Å². The number of fused-ring (bicyclic) bond motifs is 1. The second-order valence-corrected chi connectivity index (χ2v) is 12.6. The van der Waals surface area contributed by atoms with Crippen molar-refractivity contribution in [1.82, 2.24) is 4.90 Å². The van der Waals surface area contributed by atoms with Crippen LogP contribution in [0.2, 0.25) is 0 Å². The van der Waals surface area contributed by atoms with Crippen molar-refractivity contribution >= 4 is 17.6 Å². The highest BCUT2D eigenvalue weighted by molar-refractivity contribution is 5.91. The van der Waals surface area contributed by atoms with Gasteiger partial charge in [0.15, 0.2) is 0 Å².